The first-order valence-corrected chi connectivity index (χ1v) is 13.3. The maximum absolute atomic E-state index is 12.4. The fourth-order valence-electron chi connectivity index (χ4n) is 3.09. The number of carboxylic acid groups (broad SMARTS) is 1. The van der Waals surface area contributed by atoms with Gasteiger partial charge in [-0.2, -0.15) is 0 Å². The minimum Gasteiger partial charge on any atom is -0.478 e. The molecule has 13 nitrogen and oxygen atoms in total. The molecule has 0 aromatic carbocycles. The van der Waals surface area contributed by atoms with Crippen LogP contribution in [0, 0.1) is 0 Å². The number of sulfonamides is 1. The number of carbonyl (C=O) groups excluding carboxylic acids is 2. The van der Waals surface area contributed by atoms with E-state index in [1.165, 1.54) is 6.08 Å². The van der Waals surface area contributed by atoms with Gasteiger partial charge in [0.15, 0.2) is 0 Å². The second-order valence-electron chi connectivity index (χ2n) is 10.3. The van der Waals surface area contributed by atoms with Crippen molar-refractivity contribution in [1.82, 2.24) is 15.4 Å². The molecule has 1 aliphatic carbocycles. The molecule has 36 heavy (non-hydrogen) atoms. The maximum Gasteiger partial charge on any atom is 0.414 e. The molecule has 0 spiro atoms. The van der Waals surface area contributed by atoms with Crippen molar-refractivity contribution < 1.29 is 42.1 Å². The zero-order chi connectivity index (χ0) is 27.9. The predicted octanol–water partition coefficient (Wildman–Crippen LogP) is 1.89. The van der Waals surface area contributed by atoms with Crippen molar-refractivity contribution in [2.45, 2.75) is 90.7 Å². The SMILES string of the molecule is CCCOC1C=C(C(=O)O)CC(N=C(NC(=O)OC(C)(C)C)NC(=O)OC(C)(C)C)C1NS(C)(=O)=O. The van der Waals surface area contributed by atoms with E-state index in [0.717, 1.165) is 6.26 Å². The number of aliphatic carboxylic acids is 1. The third-order valence-corrected chi connectivity index (χ3v) is 4.94. The highest BCUT2D eigenvalue weighted by atomic mass is 32.2. The van der Waals surface area contributed by atoms with E-state index >= 15 is 0 Å². The summed E-state index contributed by atoms with van der Waals surface area (Å²) >= 11 is 0. The Morgan fingerprint density at radius 3 is 1.94 bits per heavy atom. The van der Waals surface area contributed by atoms with E-state index in [4.69, 9.17) is 14.2 Å². The van der Waals surface area contributed by atoms with Gasteiger partial charge in [0.1, 0.15) is 11.2 Å². The van der Waals surface area contributed by atoms with E-state index in [2.05, 4.69) is 20.3 Å². The van der Waals surface area contributed by atoms with Crippen LogP contribution in [0.2, 0.25) is 0 Å². The van der Waals surface area contributed by atoms with Crippen molar-refractivity contribution in [3.05, 3.63) is 11.6 Å². The minimum atomic E-state index is -3.78. The highest BCUT2D eigenvalue weighted by Crippen LogP contribution is 2.25. The van der Waals surface area contributed by atoms with Crippen LogP contribution < -0.4 is 15.4 Å². The Kier molecular flexibility index (Phi) is 10.9. The average Bonchev–Trinajstić information content (AvgIpc) is 2.63. The Bertz CT molecular complexity index is 946. The third kappa shape index (κ3) is 12.3. The number of guanidine groups is 1. The fraction of sp³-hybridized carbons (Fsp3) is 0.727. The first-order chi connectivity index (χ1) is 16.3. The lowest BCUT2D eigenvalue weighted by molar-refractivity contribution is -0.133. The van der Waals surface area contributed by atoms with Crippen LogP contribution in [0.4, 0.5) is 9.59 Å². The largest absolute Gasteiger partial charge is 0.478 e. The third-order valence-electron chi connectivity index (χ3n) is 4.24. The first kappa shape index (κ1) is 31.3. The molecule has 3 atom stereocenters. The smallest absolute Gasteiger partial charge is 0.414 e. The van der Waals surface area contributed by atoms with Crippen LogP contribution in [0.15, 0.2) is 16.6 Å². The summed E-state index contributed by atoms with van der Waals surface area (Å²) in [6.45, 7) is 11.9. The van der Waals surface area contributed by atoms with Gasteiger partial charge in [0, 0.05) is 18.6 Å². The van der Waals surface area contributed by atoms with Crippen molar-refractivity contribution >= 4 is 34.1 Å². The molecular weight excluding hydrogens is 496 g/mol. The van der Waals surface area contributed by atoms with Crippen LogP contribution in [0.5, 0.6) is 0 Å². The predicted molar refractivity (Wildman–Crippen MR) is 132 cm³/mol. The van der Waals surface area contributed by atoms with E-state index < -0.39 is 63.5 Å². The number of aliphatic imine (C=N–C) groups is 1. The number of carboxylic acids is 1. The molecule has 0 aromatic heterocycles. The van der Waals surface area contributed by atoms with Gasteiger partial charge in [-0.05, 0) is 54.0 Å². The lowest BCUT2D eigenvalue weighted by Gasteiger charge is -2.34. The Morgan fingerprint density at radius 1 is 1.06 bits per heavy atom. The second kappa shape index (κ2) is 12.5. The number of hydrogen-bond donors (Lipinski definition) is 4. The number of amides is 2. The highest BCUT2D eigenvalue weighted by molar-refractivity contribution is 7.88. The summed E-state index contributed by atoms with van der Waals surface area (Å²) in [5, 5.41) is 14.2. The van der Waals surface area contributed by atoms with E-state index in [1.54, 1.807) is 41.5 Å². The molecule has 206 valence electrons. The van der Waals surface area contributed by atoms with Gasteiger partial charge in [-0.15, -0.1) is 0 Å². The van der Waals surface area contributed by atoms with Gasteiger partial charge in [0.2, 0.25) is 16.0 Å². The summed E-state index contributed by atoms with van der Waals surface area (Å²) in [5.74, 6) is -1.65. The van der Waals surface area contributed by atoms with Crippen LogP contribution in [0.25, 0.3) is 0 Å². The standard InChI is InChI=1S/C22H38N4O9S/c1-9-10-33-15-12-13(17(27)28)11-14(16(15)26-36(8,31)32)23-18(24-19(29)34-21(2,3)4)25-20(30)35-22(5,6)7/h12,14-16,26H,9-11H2,1-8H3,(H,27,28)(H2,23,24,25,29,30). The molecular formula is C22H38N4O9S. The highest BCUT2D eigenvalue weighted by Gasteiger charge is 2.38. The molecule has 0 heterocycles. The van der Waals surface area contributed by atoms with E-state index in [1.807, 2.05) is 6.92 Å². The molecule has 2 amide bonds. The number of hydrogen-bond acceptors (Lipinski definition) is 9. The fourth-order valence-corrected chi connectivity index (χ4v) is 3.87. The number of nitrogens with zero attached hydrogens (tertiary/aromatic N) is 1. The monoisotopic (exact) mass is 534 g/mol. The van der Waals surface area contributed by atoms with Crippen molar-refractivity contribution in [2.24, 2.45) is 4.99 Å². The van der Waals surface area contributed by atoms with Gasteiger partial charge < -0.3 is 19.3 Å². The van der Waals surface area contributed by atoms with Gasteiger partial charge in [-0.1, -0.05) is 6.92 Å². The number of rotatable bonds is 7. The molecule has 0 saturated heterocycles. The summed E-state index contributed by atoms with van der Waals surface area (Å²) in [6, 6.07) is -2.12. The quantitative estimate of drug-likeness (QED) is 0.280. The number of carbonyl (C=O) groups is 3. The Hall–Kier alpha value is -2.71. The normalized spacial score (nSPS) is 20.6. The Balaban J connectivity index is 3.48. The van der Waals surface area contributed by atoms with Gasteiger partial charge >= 0.3 is 18.2 Å². The topological polar surface area (TPSA) is 182 Å². The minimum absolute atomic E-state index is 0.0645. The van der Waals surface area contributed by atoms with Crippen LogP contribution in [-0.2, 0) is 29.0 Å². The molecule has 4 N–H and O–H groups in total. The summed E-state index contributed by atoms with van der Waals surface area (Å²) in [6.07, 6.45) is -0.226. The summed E-state index contributed by atoms with van der Waals surface area (Å²) in [4.78, 5) is 40.9. The lowest BCUT2D eigenvalue weighted by atomic mass is 9.89. The van der Waals surface area contributed by atoms with Crippen molar-refractivity contribution in [1.29, 1.82) is 0 Å². The van der Waals surface area contributed by atoms with Crippen molar-refractivity contribution in [3.63, 3.8) is 0 Å². The molecule has 14 heteroatoms. The van der Waals surface area contributed by atoms with E-state index in [9.17, 15) is 27.9 Å². The van der Waals surface area contributed by atoms with E-state index in [0.29, 0.717) is 6.42 Å². The molecule has 1 rings (SSSR count). The van der Waals surface area contributed by atoms with Crippen LogP contribution >= 0.6 is 0 Å². The van der Waals surface area contributed by atoms with Gasteiger partial charge in [-0.25, -0.2) is 32.5 Å². The Morgan fingerprint density at radius 2 is 1.56 bits per heavy atom. The number of nitrogens with one attached hydrogen (secondary N) is 3. The average molecular weight is 535 g/mol. The second-order valence-corrected chi connectivity index (χ2v) is 12.0. The molecule has 0 saturated carbocycles. The maximum atomic E-state index is 12.4. The first-order valence-electron chi connectivity index (χ1n) is 11.4. The zero-order valence-corrected chi connectivity index (χ0v) is 22.8. The van der Waals surface area contributed by atoms with Crippen molar-refractivity contribution in [2.75, 3.05) is 12.9 Å². The molecule has 0 bridgehead atoms. The molecule has 0 aromatic rings. The van der Waals surface area contributed by atoms with Gasteiger partial charge in [-0.3, -0.25) is 10.6 Å². The van der Waals surface area contributed by atoms with Gasteiger partial charge in [0.05, 0.1) is 24.4 Å². The van der Waals surface area contributed by atoms with Crippen LogP contribution in [0.3, 0.4) is 0 Å². The zero-order valence-electron chi connectivity index (χ0n) is 22.0. The molecule has 1 aliphatic rings. The Labute approximate surface area is 212 Å². The van der Waals surface area contributed by atoms with E-state index in [-0.39, 0.29) is 18.6 Å². The summed E-state index contributed by atoms with van der Waals surface area (Å²) in [7, 11) is -3.78. The summed E-state index contributed by atoms with van der Waals surface area (Å²) in [5.41, 5.74) is -1.81. The summed E-state index contributed by atoms with van der Waals surface area (Å²) < 4.78 is 42.8. The van der Waals surface area contributed by atoms with Crippen molar-refractivity contribution in [3.8, 4) is 0 Å². The number of alkyl carbamates (subject to hydrolysis) is 2. The van der Waals surface area contributed by atoms with Crippen LogP contribution in [0.1, 0.15) is 61.3 Å². The van der Waals surface area contributed by atoms with Crippen LogP contribution in [-0.4, -0.2) is 79.9 Å². The molecule has 0 aliphatic heterocycles. The molecule has 0 radical (unpaired) electrons. The number of ether oxygens (including phenoxy) is 3. The lowest BCUT2D eigenvalue weighted by Crippen LogP contribution is -2.54. The molecule has 3 unspecified atom stereocenters. The molecule has 0 fully saturated rings. The van der Waals surface area contributed by atoms with Gasteiger partial charge in [0.25, 0.3) is 0 Å².